The molecule has 3 heteroatoms. The first kappa shape index (κ1) is 23.5. The van der Waals surface area contributed by atoms with Gasteiger partial charge in [-0.25, -0.2) is 0 Å². The van der Waals surface area contributed by atoms with E-state index in [1.54, 1.807) is 0 Å². The molecule has 2 N–H and O–H groups in total. The zero-order valence-electron chi connectivity index (χ0n) is 23.4. The zero-order valence-corrected chi connectivity index (χ0v) is 23.4. The molecule has 0 amide bonds. The molecule has 4 atom stereocenters. The Balaban J connectivity index is 1.39. The highest BCUT2D eigenvalue weighted by atomic mass is 14.9. The number of para-hydroxylation sites is 2. The van der Waals surface area contributed by atoms with Gasteiger partial charge in [0.25, 0.3) is 0 Å². The minimum atomic E-state index is 0.408. The molecule has 2 aliphatic carbocycles. The first-order valence-corrected chi connectivity index (χ1v) is 14.5. The zero-order chi connectivity index (χ0) is 27.1. The summed E-state index contributed by atoms with van der Waals surface area (Å²) in [5.41, 5.74) is 16.2. The lowest BCUT2D eigenvalue weighted by Gasteiger charge is -2.41. The van der Waals surface area contributed by atoms with E-state index in [4.69, 9.17) is 0 Å². The van der Waals surface area contributed by atoms with Gasteiger partial charge < -0.3 is 10.3 Å². The Morgan fingerprint density at radius 2 is 1.38 bits per heavy atom. The normalized spacial score (nSPS) is 21.0. The number of hydrogen-bond acceptors (Lipinski definition) is 2. The number of pyridine rings is 1. The van der Waals surface area contributed by atoms with Gasteiger partial charge in [-0.1, -0.05) is 76.2 Å². The Morgan fingerprint density at radius 3 is 2.15 bits per heavy atom. The molecule has 0 aliphatic heterocycles. The van der Waals surface area contributed by atoms with Crippen LogP contribution in [0.1, 0.15) is 73.6 Å². The van der Waals surface area contributed by atoms with Crippen molar-refractivity contribution in [1.82, 2.24) is 9.97 Å². The first-order chi connectivity index (χ1) is 19.5. The summed E-state index contributed by atoms with van der Waals surface area (Å²) >= 11 is 0. The monoisotopic (exact) mass is 519 g/mol. The highest BCUT2D eigenvalue weighted by Crippen LogP contribution is 2.59. The second-order valence-electron chi connectivity index (χ2n) is 11.9. The van der Waals surface area contributed by atoms with E-state index in [-0.39, 0.29) is 0 Å². The lowest BCUT2D eigenvalue weighted by molar-refractivity contribution is 0.583. The van der Waals surface area contributed by atoms with Gasteiger partial charge in [0.2, 0.25) is 0 Å². The molecule has 4 aromatic carbocycles. The maximum Gasteiger partial charge on any atom is 0.0570 e. The van der Waals surface area contributed by atoms with E-state index >= 15 is 0 Å². The van der Waals surface area contributed by atoms with Crippen LogP contribution in [0, 0.1) is 0 Å². The lowest BCUT2D eigenvalue weighted by Crippen LogP contribution is -2.23. The molecular formula is C37H33N3. The van der Waals surface area contributed by atoms with E-state index in [1.807, 2.05) is 18.5 Å². The minimum absolute atomic E-state index is 0.408. The van der Waals surface area contributed by atoms with Gasteiger partial charge in [0, 0.05) is 33.7 Å². The number of anilines is 2. The minimum Gasteiger partial charge on any atom is -0.354 e. The number of rotatable bonds is 3. The molecule has 0 fully saturated rings. The van der Waals surface area contributed by atoms with E-state index in [0.717, 1.165) is 11.4 Å². The Labute approximate surface area is 235 Å². The van der Waals surface area contributed by atoms with E-state index in [9.17, 15) is 0 Å². The number of aromatic amines is 1. The molecule has 2 heterocycles. The SMILES string of the molecule is CC1c2cc(-c3ccccc3Nc3cccnc3)cc3c2-c2c(cc4c([nH]c5ccccc54)c2C(C)C3C)C1C. The molecule has 40 heavy (non-hydrogen) atoms. The van der Waals surface area contributed by atoms with Gasteiger partial charge in [-0.3, -0.25) is 4.98 Å². The molecule has 0 spiro atoms. The smallest absolute Gasteiger partial charge is 0.0570 e. The summed E-state index contributed by atoms with van der Waals surface area (Å²) in [6.07, 6.45) is 3.69. The Bertz CT molecular complexity index is 1930. The van der Waals surface area contributed by atoms with E-state index in [1.165, 1.54) is 66.3 Å². The molecule has 8 rings (SSSR count). The molecule has 6 aromatic rings. The van der Waals surface area contributed by atoms with E-state index in [0.29, 0.717) is 23.7 Å². The first-order valence-electron chi connectivity index (χ1n) is 14.5. The van der Waals surface area contributed by atoms with Crippen molar-refractivity contribution < 1.29 is 0 Å². The van der Waals surface area contributed by atoms with Gasteiger partial charge in [-0.05, 0) is 92.9 Å². The number of fused-ring (bicyclic) bond motifs is 4. The van der Waals surface area contributed by atoms with Gasteiger partial charge in [-0.2, -0.15) is 0 Å². The molecular weight excluding hydrogens is 486 g/mol. The highest BCUT2D eigenvalue weighted by Gasteiger charge is 2.40. The molecule has 2 aromatic heterocycles. The second-order valence-corrected chi connectivity index (χ2v) is 11.9. The highest BCUT2D eigenvalue weighted by molar-refractivity contribution is 6.11. The number of H-pyrrole nitrogens is 1. The van der Waals surface area contributed by atoms with Crippen LogP contribution in [0.2, 0.25) is 0 Å². The summed E-state index contributed by atoms with van der Waals surface area (Å²) in [6.45, 7) is 9.71. The number of aromatic nitrogens is 2. The summed E-state index contributed by atoms with van der Waals surface area (Å²) in [5, 5.41) is 6.33. The van der Waals surface area contributed by atoms with Crippen molar-refractivity contribution in [3.63, 3.8) is 0 Å². The summed E-state index contributed by atoms with van der Waals surface area (Å²) in [7, 11) is 0. The summed E-state index contributed by atoms with van der Waals surface area (Å²) in [6, 6.07) is 29.0. The average molecular weight is 520 g/mol. The van der Waals surface area contributed by atoms with Crippen molar-refractivity contribution in [3.8, 4) is 22.3 Å². The molecule has 0 radical (unpaired) electrons. The number of nitrogens with one attached hydrogen (secondary N) is 2. The van der Waals surface area contributed by atoms with Gasteiger partial charge in [-0.15, -0.1) is 0 Å². The van der Waals surface area contributed by atoms with Gasteiger partial charge in [0.1, 0.15) is 0 Å². The van der Waals surface area contributed by atoms with Crippen LogP contribution in [0.15, 0.2) is 91.3 Å². The Morgan fingerprint density at radius 1 is 0.675 bits per heavy atom. The van der Waals surface area contributed by atoms with Gasteiger partial charge >= 0.3 is 0 Å². The summed E-state index contributed by atoms with van der Waals surface area (Å²) in [4.78, 5) is 8.14. The van der Waals surface area contributed by atoms with Crippen LogP contribution in [-0.2, 0) is 0 Å². The van der Waals surface area contributed by atoms with Crippen molar-refractivity contribution in [3.05, 3.63) is 114 Å². The van der Waals surface area contributed by atoms with Crippen LogP contribution in [0.4, 0.5) is 11.4 Å². The molecule has 3 nitrogen and oxygen atoms in total. The van der Waals surface area contributed by atoms with Crippen molar-refractivity contribution in [1.29, 1.82) is 0 Å². The Hall–Kier alpha value is -4.37. The predicted molar refractivity (Wildman–Crippen MR) is 168 cm³/mol. The molecule has 196 valence electrons. The second kappa shape index (κ2) is 8.56. The molecule has 0 saturated heterocycles. The van der Waals surface area contributed by atoms with Crippen LogP contribution >= 0.6 is 0 Å². The van der Waals surface area contributed by atoms with Crippen molar-refractivity contribution >= 4 is 33.2 Å². The van der Waals surface area contributed by atoms with Crippen molar-refractivity contribution in [2.45, 2.75) is 51.4 Å². The maximum absolute atomic E-state index is 4.30. The number of benzene rings is 4. The quantitative estimate of drug-likeness (QED) is 0.244. The van der Waals surface area contributed by atoms with E-state index in [2.05, 4.69) is 116 Å². The molecule has 0 saturated carbocycles. The molecule has 4 unspecified atom stereocenters. The third-order valence-electron chi connectivity index (χ3n) is 9.93. The van der Waals surface area contributed by atoms with Gasteiger partial charge in [0.05, 0.1) is 17.4 Å². The van der Waals surface area contributed by atoms with Crippen LogP contribution in [-0.4, -0.2) is 9.97 Å². The van der Waals surface area contributed by atoms with Crippen LogP contribution in [0.3, 0.4) is 0 Å². The van der Waals surface area contributed by atoms with Crippen LogP contribution in [0.25, 0.3) is 44.1 Å². The Kier molecular flexibility index (Phi) is 5.03. The van der Waals surface area contributed by atoms with Crippen molar-refractivity contribution in [2.75, 3.05) is 5.32 Å². The van der Waals surface area contributed by atoms with E-state index < -0.39 is 0 Å². The van der Waals surface area contributed by atoms with Crippen LogP contribution in [0.5, 0.6) is 0 Å². The number of hydrogen-bond donors (Lipinski definition) is 2. The fraction of sp³-hybridized carbons (Fsp3) is 0.216. The summed E-state index contributed by atoms with van der Waals surface area (Å²) in [5.74, 6) is 1.68. The van der Waals surface area contributed by atoms with Crippen molar-refractivity contribution in [2.24, 2.45) is 0 Å². The predicted octanol–water partition coefficient (Wildman–Crippen LogP) is 10.2. The average Bonchev–Trinajstić information content (AvgIpc) is 3.36. The fourth-order valence-corrected chi connectivity index (χ4v) is 7.47. The third-order valence-corrected chi connectivity index (χ3v) is 9.93. The lowest BCUT2D eigenvalue weighted by atomic mass is 9.62. The van der Waals surface area contributed by atoms with Crippen LogP contribution < -0.4 is 5.32 Å². The largest absolute Gasteiger partial charge is 0.354 e. The topological polar surface area (TPSA) is 40.7 Å². The number of nitrogens with zero attached hydrogens (tertiary/aromatic N) is 1. The third kappa shape index (κ3) is 3.21. The maximum atomic E-state index is 4.30. The van der Waals surface area contributed by atoms with Gasteiger partial charge in [0.15, 0.2) is 0 Å². The molecule has 2 aliphatic rings. The standard InChI is InChI=1S/C37H33N3/c1-20-21(2)30-18-31-27-12-6-8-14-33(27)40-37(31)34-23(4)22(3)29-17-24(16-28(20)35(29)36(30)34)26-11-5-7-13-32(26)39-25-10-9-15-38-19-25/h5-23,39-40H,1-4H3. The fourth-order valence-electron chi connectivity index (χ4n) is 7.47. The summed E-state index contributed by atoms with van der Waals surface area (Å²) < 4.78 is 0. The molecule has 0 bridgehead atoms.